The lowest BCUT2D eigenvalue weighted by atomic mass is 10.0. The van der Waals surface area contributed by atoms with Crippen LogP contribution in [0.2, 0.25) is 0 Å². The summed E-state index contributed by atoms with van der Waals surface area (Å²) in [6, 6.07) is 26.3. The molecule has 1 fully saturated rings. The van der Waals surface area contributed by atoms with E-state index in [0.717, 1.165) is 19.6 Å². The van der Waals surface area contributed by atoms with Crippen LogP contribution in [-0.4, -0.2) is 55.5 Å². The number of carbonyl (C=O) groups excluding carboxylic acids is 2. The monoisotopic (exact) mass is 444 g/mol. The fourth-order valence-electron chi connectivity index (χ4n) is 3.78. The van der Waals surface area contributed by atoms with Crippen LogP contribution >= 0.6 is 0 Å². The van der Waals surface area contributed by atoms with Gasteiger partial charge in [0, 0.05) is 37.3 Å². The molecule has 3 aromatic rings. The van der Waals surface area contributed by atoms with Crippen LogP contribution in [0.1, 0.15) is 21.5 Å². The van der Waals surface area contributed by atoms with Gasteiger partial charge >= 0.3 is 0 Å². The summed E-state index contributed by atoms with van der Waals surface area (Å²) in [6.45, 7) is 3.53. The number of nitrogens with one attached hydrogen (secondary N) is 1. The highest BCUT2D eigenvalue weighted by Crippen LogP contribution is 2.15. The zero-order valence-electron chi connectivity index (χ0n) is 18.5. The highest BCUT2D eigenvalue weighted by molar-refractivity contribution is 6.08. The molecular formula is C27H28N2O4. The van der Waals surface area contributed by atoms with Crippen LogP contribution in [0.25, 0.3) is 0 Å². The average Bonchev–Trinajstić information content (AvgIpc) is 2.87. The predicted molar refractivity (Wildman–Crippen MR) is 126 cm³/mol. The number of hydrogen-bond donors (Lipinski definition) is 1. The first-order chi connectivity index (χ1) is 16.2. The van der Waals surface area contributed by atoms with Crippen molar-refractivity contribution in [3.8, 4) is 5.75 Å². The molecule has 1 N–H and O–H groups in total. The van der Waals surface area contributed by atoms with Crippen LogP contribution < -0.4 is 10.1 Å². The molecular weight excluding hydrogens is 416 g/mol. The van der Waals surface area contributed by atoms with Gasteiger partial charge in [0.15, 0.2) is 12.4 Å². The molecule has 1 unspecified atom stereocenters. The molecule has 0 radical (unpaired) electrons. The molecule has 1 atom stereocenters. The fraction of sp³-hybridized carbons (Fsp3) is 0.259. The number of carbonyl (C=O) groups is 2. The van der Waals surface area contributed by atoms with Crippen LogP contribution in [0.15, 0.2) is 84.9 Å². The van der Waals surface area contributed by atoms with Crippen molar-refractivity contribution in [2.24, 2.45) is 0 Å². The van der Waals surface area contributed by atoms with E-state index in [9.17, 15) is 9.59 Å². The Hall–Kier alpha value is -3.48. The molecule has 4 rings (SSSR count). The van der Waals surface area contributed by atoms with E-state index < -0.39 is 0 Å². The second-order valence-electron chi connectivity index (χ2n) is 8.03. The average molecular weight is 445 g/mol. The first-order valence-corrected chi connectivity index (χ1v) is 11.1. The minimum atomic E-state index is -0.205. The summed E-state index contributed by atoms with van der Waals surface area (Å²) >= 11 is 0. The van der Waals surface area contributed by atoms with Crippen LogP contribution in [0.3, 0.4) is 0 Å². The molecule has 1 aliphatic heterocycles. The third kappa shape index (κ3) is 6.75. The molecule has 3 aromatic carbocycles. The molecule has 33 heavy (non-hydrogen) atoms. The van der Waals surface area contributed by atoms with Crippen molar-refractivity contribution in [1.82, 2.24) is 10.2 Å². The van der Waals surface area contributed by atoms with Gasteiger partial charge in [0.05, 0.1) is 12.7 Å². The topological polar surface area (TPSA) is 67.9 Å². The van der Waals surface area contributed by atoms with Crippen molar-refractivity contribution in [3.63, 3.8) is 0 Å². The maximum atomic E-state index is 12.5. The van der Waals surface area contributed by atoms with Crippen molar-refractivity contribution < 1.29 is 19.1 Å². The van der Waals surface area contributed by atoms with E-state index in [1.54, 1.807) is 36.4 Å². The zero-order chi connectivity index (χ0) is 22.9. The Bertz CT molecular complexity index is 1040. The predicted octanol–water partition coefficient (Wildman–Crippen LogP) is 3.31. The lowest BCUT2D eigenvalue weighted by molar-refractivity contribution is -0.124. The van der Waals surface area contributed by atoms with Gasteiger partial charge in [-0.25, -0.2) is 0 Å². The molecule has 0 spiro atoms. The minimum absolute atomic E-state index is 0.0466. The molecule has 1 saturated heterocycles. The second kappa shape index (κ2) is 11.4. The van der Waals surface area contributed by atoms with Gasteiger partial charge in [0.25, 0.3) is 5.91 Å². The van der Waals surface area contributed by atoms with Crippen LogP contribution in [0.4, 0.5) is 0 Å². The van der Waals surface area contributed by atoms with Gasteiger partial charge in [-0.2, -0.15) is 0 Å². The number of benzene rings is 3. The molecule has 0 aromatic heterocycles. The minimum Gasteiger partial charge on any atom is -0.484 e. The van der Waals surface area contributed by atoms with E-state index in [4.69, 9.17) is 9.47 Å². The van der Waals surface area contributed by atoms with Gasteiger partial charge in [-0.3, -0.25) is 14.5 Å². The summed E-state index contributed by atoms with van der Waals surface area (Å²) in [4.78, 5) is 27.0. The Morgan fingerprint density at radius 3 is 2.30 bits per heavy atom. The molecule has 0 aliphatic carbocycles. The first kappa shape index (κ1) is 22.7. The molecule has 0 saturated carbocycles. The largest absolute Gasteiger partial charge is 0.484 e. The molecule has 0 bridgehead atoms. The number of ketones is 1. The van der Waals surface area contributed by atoms with Gasteiger partial charge < -0.3 is 14.8 Å². The maximum Gasteiger partial charge on any atom is 0.258 e. The van der Waals surface area contributed by atoms with Gasteiger partial charge in [-0.15, -0.1) is 0 Å². The van der Waals surface area contributed by atoms with Crippen molar-refractivity contribution in [2.45, 2.75) is 12.6 Å². The van der Waals surface area contributed by atoms with Crippen LogP contribution in [0.5, 0.6) is 5.75 Å². The summed E-state index contributed by atoms with van der Waals surface area (Å²) in [6.07, 6.45) is -0.0466. The van der Waals surface area contributed by atoms with Gasteiger partial charge in [0.1, 0.15) is 5.75 Å². The Kier molecular flexibility index (Phi) is 7.85. The van der Waals surface area contributed by atoms with Crippen molar-refractivity contribution >= 4 is 11.7 Å². The van der Waals surface area contributed by atoms with Crippen LogP contribution in [0, 0.1) is 0 Å². The number of amides is 1. The quantitative estimate of drug-likeness (QED) is 0.513. The summed E-state index contributed by atoms with van der Waals surface area (Å²) in [5.74, 6) is 0.287. The normalized spacial score (nSPS) is 16.2. The molecule has 1 amide bonds. The van der Waals surface area contributed by atoms with E-state index in [2.05, 4.69) is 22.3 Å². The molecule has 1 aliphatic rings. The second-order valence-corrected chi connectivity index (χ2v) is 8.03. The first-order valence-electron chi connectivity index (χ1n) is 11.1. The summed E-state index contributed by atoms with van der Waals surface area (Å²) < 4.78 is 11.4. The number of rotatable bonds is 9. The zero-order valence-corrected chi connectivity index (χ0v) is 18.5. The van der Waals surface area contributed by atoms with Crippen molar-refractivity contribution in [2.75, 3.05) is 32.8 Å². The van der Waals surface area contributed by atoms with E-state index in [0.29, 0.717) is 30.0 Å². The SMILES string of the molecule is O=C(COc1ccc(C(=O)c2ccccc2)cc1)NCC1CN(Cc2ccccc2)CCO1. The van der Waals surface area contributed by atoms with E-state index in [-0.39, 0.29) is 24.4 Å². The maximum absolute atomic E-state index is 12.5. The van der Waals surface area contributed by atoms with Gasteiger partial charge in [-0.1, -0.05) is 60.7 Å². The third-order valence-electron chi connectivity index (χ3n) is 5.52. The Balaban J connectivity index is 1.19. The van der Waals surface area contributed by atoms with Crippen LogP contribution in [-0.2, 0) is 16.1 Å². The smallest absolute Gasteiger partial charge is 0.258 e. The van der Waals surface area contributed by atoms with E-state index >= 15 is 0 Å². The Morgan fingerprint density at radius 2 is 1.58 bits per heavy atom. The standard InChI is InChI=1S/C27H28N2O4/c30-26(28-17-25-19-29(15-16-32-25)18-21-7-3-1-4-8-21)20-33-24-13-11-23(12-14-24)27(31)22-9-5-2-6-10-22/h1-14,25H,15-20H2,(H,28,30). The highest BCUT2D eigenvalue weighted by atomic mass is 16.5. The van der Waals surface area contributed by atoms with Crippen molar-refractivity contribution in [1.29, 1.82) is 0 Å². The van der Waals surface area contributed by atoms with Gasteiger partial charge in [-0.05, 0) is 29.8 Å². The Labute approximate surface area is 194 Å². The summed E-state index contributed by atoms with van der Waals surface area (Å²) in [5.41, 5.74) is 2.48. The third-order valence-corrected chi connectivity index (χ3v) is 5.52. The lowest BCUT2D eigenvalue weighted by Gasteiger charge is -2.33. The number of hydrogen-bond acceptors (Lipinski definition) is 5. The molecule has 170 valence electrons. The van der Waals surface area contributed by atoms with E-state index in [1.807, 2.05) is 36.4 Å². The van der Waals surface area contributed by atoms with Crippen molar-refractivity contribution in [3.05, 3.63) is 102 Å². The summed E-state index contributed by atoms with van der Waals surface area (Å²) in [7, 11) is 0. The number of morpholine rings is 1. The summed E-state index contributed by atoms with van der Waals surface area (Å²) in [5, 5.41) is 2.89. The Morgan fingerprint density at radius 1 is 0.909 bits per heavy atom. The highest BCUT2D eigenvalue weighted by Gasteiger charge is 2.21. The fourth-order valence-corrected chi connectivity index (χ4v) is 3.78. The molecule has 1 heterocycles. The molecule has 6 nitrogen and oxygen atoms in total. The lowest BCUT2D eigenvalue weighted by Crippen LogP contribution is -2.47. The van der Waals surface area contributed by atoms with E-state index in [1.165, 1.54) is 5.56 Å². The number of nitrogens with zero attached hydrogens (tertiary/aromatic N) is 1. The van der Waals surface area contributed by atoms with Gasteiger partial charge in [0.2, 0.25) is 0 Å². The molecule has 6 heteroatoms. The number of ether oxygens (including phenoxy) is 2.